The fourth-order valence-corrected chi connectivity index (χ4v) is 1.91. The zero-order valence-corrected chi connectivity index (χ0v) is 9.92. The molecule has 1 aromatic heterocycles. The maximum atomic E-state index is 11.5. The summed E-state index contributed by atoms with van der Waals surface area (Å²) in [6, 6.07) is 1.27. The summed E-state index contributed by atoms with van der Waals surface area (Å²) in [4.78, 5) is 35.4. The number of nitrogens with zero attached hydrogens (tertiary/aromatic N) is 1. The van der Waals surface area contributed by atoms with E-state index in [2.05, 4.69) is 4.98 Å². The monoisotopic (exact) mass is 254 g/mol. The standard InChI is InChI=1S/C11H14N2O5/c1-7(14)18-8-2-3-10(17-6-8)13-5-4-9(15)12-11(13)16/h4-5,8,10H,2-3,6H2,1H3,(H,12,15,16)/t8-,10-/m1/s1. The lowest BCUT2D eigenvalue weighted by Gasteiger charge is -2.29. The minimum Gasteiger partial charge on any atom is -0.460 e. The van der Waals surface area contributed by atoms with E-state index in [1.54, 1.807) is 0 Å². The van der Waals surface area contributed by atoms with Crippen molar-refractivity contribution in [2.24, 2.45) is 0 Å². The highest BCUT2D eigenvalue weighted by atomic mass is 16.6. The van der Waals surface area contributed by atoms with Gasteiger partial charge in [0.1, 0.15) is 12.3 Å². The summed E-state index contributed by atoms with van der Waals surface area (Å²) in [7, 11) is 0. The number of carbonyl (C=O) groups is 1. The molecule has 2 rings (SSSR count). The quantitative estimate of drug-likeness (QED) is 0.737. The molecule has 1 aliphatic heterocycles. The second kappa shape index (κ2) is 5.18. The first-order valence-corrected chi connectivity index (χ1v) is 5.66. The summed E-state index contributed by atoms with van der Waals surface area (Å²) in [5.41, 5.74) is -0.941. The van der Waals surface area contributed by atoms with Crippen LogP contribution >= 0.6 is 0 Å². The smallest absolute Gasteiger partial charge is 0.330 e. The molecular weight excluding hydrogens is 240 g/mol. The molecule has 0 aromatic carbocycles. The van der Waals surface area contributed by atoms with Crippen LogP contribution in [0.4, 0.5) is 0 Å². The van der Waals surface area contributed by atoms with Gasteiger partial charge in [-0.15, -0.1) is 0 Å². The van der Waals surface area contributed by atoms with Crippen LogP contribution in [0, 0.1) is 0 Å². The number of H-pyrrole nitrogens is 1. The molecule has 2 heterocycles. The number of ether oxygens (including phenoxy) is 2. The third kappa shape index (κ3) is 2.86. The van der Waals surface area contributed by atoms with Gasteiger partial charge in [-0.25, -0.2) is 4.79 Å². The molecular formula is C11H14N2O5. The van der Waals surface area contributed by atoms with Gasteiger partial charge in [-0.1, -0.05) is 0 Å². The number of aromatic amines is 1. The second-order valence-corrected chi connectivity index (χ2v) is 4.11. The molecule has 0 unspecified atom stereocenters. The molecule has 2 atom stereocenters. The Labute approximate surface area is 102 Å². The van der Waals surface area contributed by atoms with Crippen LogP contribution in [0.25, 0.3) is 0 Å². The molecule has 1 saturated heterocycles. The first-order valence-electron chi connectivity index (χ1n) is 5.66. The number of hydrogen-bond acceptors (Lipinski definition) is 5. The maximum Gasteiger partial charge on any atom is 0.330 e. The third-order valence-corrected chi connectivity index (χ3v) is 2.70. The molecule has 1 aromatic rings. The van der Waals surface area contributed by atoms with E-state index in [0.29, 0.717) is 12.8 Å². The van der Waals surface area contributed by atoms with Gasteiger partial charge in [0.25, 0.3) is 5.56 Å². The Morgan fingerprint density at radius 3 is 2.83 bits per heavy atom. The summed E-state index contributed by atoms with van der Waals surface area (Å²) in [5.74, 6) is -0.344. The lowest BCUT2D eigenvalue weighted by molar-refractivity contribution is -0.160. The molecule has 0 amide bonds. The van der Waals surface area contributed by atoms with E-state index in [9.17, 15) is 14.4 Å². The molecule has 0 aliphatic carbocycles. The van der Waals surface area contributed by atoms with Crippen molar-refractivity contribution in [3.05, 3.63) is 33.1 Å². The van der Waals surface area contributed by atoms with Crippen LogP contribution in [0.15, 0.2) is 21.9 Å². The minimum absolute atomic E-state index is 0.246. The Morgan fingerprint density at radius 2 is 2.28 bits per heavy atom. The summed E-state index contributed by atoms with van der Waals surface area (Å²) in [6.45, 7) is 1.59. The van der Waals surface area contributed by atoms with Crippen molar-refractivity contribution in [1.82, 2.24) is 9.55 Å². The number of aromatic nitrogens is 2. The van der Waals surface area contributed by atoms with Crippen molar-refractivity contribution in [3.8, 4) is 0 Å². The van der Waals surface area contributed by atoms with Gasteiger partial charge in [0, 0.05) is 19.2 Å². The average Bonchev–Trinajstić information content (AvgIpc) is 2.30. The van der Waals surface area contributed by atoms with Crippen LogP contribution in [-0.2, 0) is 14.3 Å². The lowest BCUT2D eigenvalue weighted by Crippen LogP contribution is -2.37. The minimum atomic E-state index is -0.501. The van der Waals surface area contributed by atoms with Gasteiger partial charge in [0.2, 0.25) is 0 Å². The van der Waals surface area contributed by atoms with Crippen molar-refractivity contribution in [2.75, 3.05) is 6.61 Å². The predicted octanol–water partition coefficient (Wildman–Crippen LogP) is -0.223. The van der Waals surface area contributed by atoms with Crippen LogP contribution in [0.2, 0.25) is 0 Å². The van der Waals surface area contributed by atoms with Gasteiger partial charge in [-0.05, 0) is 12.8 Å². The van der Waals surface area contributed by atoms with Crippen LogP contribution in [-0.4, -0.2) is 28.2 Å². The molecule has 98 valence electrons. The van der Waals surface area contributed by atoms with Crippen LogP contribution < -0.4 is 11.2 Å². The predicted molar refractivity (Wildman–Crippen MR) is 61.1 cm³/mol. The Bertz CT molecular complexity index is 539. The summed E-state index contributed by atoms with van der Waals surface area (Å²) in [5, 5.41) is 0. The number of rotatable bonds is 2. The van der Waals surface area contributed by atoms with Crippen molar-refractivity contribution in [1.29, 1.82) is 0 Å². The topological polar surface area (TPSA) is 90.4 Å². The van der Waals surface area contributed by atoms with E-state index in [-0.39, 0.29) is 18.7 Å². The second-order valence-electron chi connectivity index (χ2n) is 4.11. The molecule has 0 radical (unpaired) electrons. The van der Waals surface area contributed by atoms with E-state index >= 15 is 0 Å². The Morgan fingerprint density at radius 1 is 1.50 bits per heavy atom. The van der Waals surface area contributed by atoms with Crippen LogP contribution in [0.5, 0.6) is 0 Å². The number of nitrogens with one attached hydrogen (secondary N) is 1. The molecule has 1 N–H and O–H groups in total. The molecule has 0 spiro atoms. The van der Waals surface area contributed by atoms with Gasteiger partial charge in [-0.2, -0.15) is 0 Å². The van der Waals surface area contributed by atoms with Gasteiger partial charge in [0.15, 0.2) is 0 Å². The average molecular weight is 254 g/mol. The number of carbonyl (C=O) groups excluding carboxylic acids is 1. The molecule has 1 fully saturated rings. The Kier molecular flexibility index (Phi) is 3.61. The maximum absolute atomic E-state index is 11.5. The number of hydrogen-bond donors (Lipinski definition) is 1. The highest BCUT2D eigenvalue weighted by Gasteiger charge is 2.25. The zero-order valence-electron chi connectivity index (χ0n) is 9.92. The summed E-state index contributed by atoms with van der Waals surface area (Å²) in [6.07, 6.45) is 1.87. The van der Waals surface area contributed by atoms with E-state index in [0.717, 1.165) is 0 Å². The fraction of sp³-hybridized carbons (Fsp3) is 0.545. The third-order valence-electron chi connectivity index (χ3n) is 2.70. The van der Waals surface area contributed by atoms with Crippen LogP contribution in [0.1, 0.15) is 26.0 Å². The van der Waals surface area contributed by atoms with E-state index in [4.69, 9.17) is 9.47 Å². The first kappa shape index (κ1) is 12.6. The lowest BCUT2D eigenvalue weighted by atomic mass is 10.1. The summed E-state index contributed by atoms with van der Waals surface area (Å²) < 4.78 is 11.8. The molecule has 0 saturated carbocycles. The van der Waals surface area contributed by atoms with E-state index in [1.165, 1.54) is 23.8 Å². The van der Waals surface area contributed by atoms with Crippen molar-refractivity contribution in [3.63, 3.8) is 0 Å². The normalized spacial score (nSPS) is 23.6. The van der Waals surface area contributed by atoms with Gasteiger partial charge < -0.3 is 9.47 Å². The first-order chi connectivity index (χ1) is 8.56. The molecule has 7 heteroatoms. The summed E-state index contributed by atoms with van der Waals surface area (Å²) >= 11 is 0. The van der Waals surface area contributed by atoms with E-state index in [1.807, 2.05) is 0 Å². The number of esters is 1. The van der Waals surface area contributed by atoms with Gasteiger partial charge >= 0.3 is 11.7 Å². The Hall–Kier alpha value is -1.89. The SMILES string of the molecule is CC(=O)O[C@@H]1CC[C@H](n2ccc(=O)[nH]c2=O)OC1. The zero-order chi connectivity index (χ0) is 13.1. The molecule has 1 aliphatic rings. The van der Waals surface area contributed by atoms with Crippen molar-refractivity contribution < 1.29 is 14.3 Å². The largest absolute Gasteiger partial charge is 0.460 e. The highest BCUT2D eigenvalue weighted by Crippen LogP contribution is 2.22. The molecule has 7 nitrogen and oxygen atoms in total. The van der Waals surface area contributed by atoms with Gasteiger partial charge in [-0.3, -0.25) is 19.1 Å². The van der Waals surface area contributed by atoms with Crippen molar-refractivity contribution >= 4 is 5.97 Å². The molecule has 18 heavy (non-hydrogen) atoms. The van der Waals surface area contributed by atoms with E-state index < -0.39 is 17.5 Å². The highest BCUT2D eigenvalue weighted by molar-refractivity contribution is 5.66. The Balaban J connectivity index is 2.03. The van der Waals surface area contributed by atoms with Crippen LogP contribution in [0.3, 0.4) is 0 Å². The fourth-order valence-electron chi connectivity index (χ4n) is 1.91. The van der Waals surface area contributed by atoms with Gasteiger partial charge in [0.05, 0.1) is 6.61 Å². The van der Waals surface area contributed by atoms with Crippen molar-refractivity contribution in [2.45, 2.75) is 32.1 Å². The molecule has 0 bridgehead atoms.